The summed E-state index contributed by atoms with van der Waals surface area (Å²) in [6.45, 7) is 0. The first kappa shape index (κ1) is 20.7. The Hall–Kier alpha value is -3.06. The minimum Gasteiger partial charge on any atom is -0.497 e. The van der Waals surface area contributed by atoms with E-state index in [-0.39, 0.29) is 5.97 Å². The second-order valence-corrected chi connectivity index (χ2v) is 7.49. The number of rotatable bonds is 7. The number of esters is 1. The molecule has 0 aromatic heterocycles. The number of hydrogen-bond acceptors (Lipinski definition) is 4. The molecule has 1 saturated carbocycles. The van der Waals surface area contributed by atoms with Gasteiger partial charge in [-0.1, -0.05) is 44.2 Å². The number of nitrogens with zero attached hydrogens (tertiary/aromatic N) is 1. The van der Waals surface area contributed by atoms with Gasteiger partial charge in [0.15, 0.2) is 0 Å². The molecule has 0 saturated heterocycles. The first-order valence-electron chi connectivity index (χ1n) is 10.2. The van der Waals surface area contributed by atoms with E-state index in [1.807, 2.05) is 36.4 Å². The molecule has 0 radical (unpaired) electrons. The molecule has 2 aromatic rings. The van der Waals surface area contributed by atoms with Gasteiger partial charge in [0.1, 0.15) is 11.5 Å². The van der Waals surface area contributed by atoms with Crippen LogP contribution in [0.3, 0.4) is 0 Å². The van der Waals surface area contributed by atoms with Crippen molar-refractivity contribution < 1.29 is 14.3 Å². The Morgan fingerprint density at radius 1 is 1.10 bits per heavy atom. The van der Waals surface area contributed by atoms with E-state index in [4.69, 9.17) is 9.47 Å². The Balaban J connectivity index is 1.63. The van der Waals surface area contributed by atoms with Crippen LogP contribution in [-0.2, 0) is 4.79 Å². The molecule has 1 aliphatic rings. The average Bonchev–Trinajstić information content (AvgIpc) is 2.77. The second kappa shape index (κ2) is 10.5. The molecule has 0 atom stereocenters. The quantitative estimate of drug-likeness (QED) is 0.251. The summed E-state index contributed by atoms with van der Waals surface area (Å²) in [5, 5.41) is 9.54. The van der Waals surface area contributed by atoms with Gasteiger partial charge in [0, 0.05) is 6.42 Å². The zero-order valence-corrected chi connectivity index (χ0v) is 16.9. The maximum atomic E-state index is 12.2. The molecule has 2 aromatic carbocycles. The summed E-state index contributed by atoms with van der Waals surface area (Å²) in [6, 6.07) is 16.9. The van der Waals surface area contributed by atoms with Crippen LogP contribution in [0.1, 0.15) is 56.1 Å². The van der Waals surface area contributed by atoms with Crippen molar-refractivity contribution in [1.29, 1.82) is 5.26 Å². The summed E-state index contributed by atoms with van der Waals surface area (Å²) in [5.41, 5.74) is 2.16. The van der Waals surface area contributed by atoms with Crippen LogP contribution >= 0.6 is 0 Å². The van der Waals surface area contributed by atoms with Gasteiger partial charge < -0.3 is 9.47 Å². The zero-order valence-electron chi connectivity index (χ0n) is 16.9. The van der Waals surface area contributed by atoms with Crippen LogP contribution < -0.4 is 9.47 Å². The minimum absolute atomic E-state index is 0.188. The van der Waals surface area contributed by atoms with Crippen molar-refractivity contribution in [2.24, 2.45) is 5.92 Å². The fourth-order valence-electron chi connectivity index (χ4n) is 3.77. The number of carbonyl (C=O) groups is 1. The van der Waals surface area contributed by atoms with Crippen molar-refractivity contribution in [1.82, 2.24) is 0 Å². The van der Waals surface area contributed by atoms with Gasteiger partial charge in [-0.3, -0.25) is 4.79 Å². The third-order valence-electron chi connectivity index (χ3n) is 5.40. The maximum Gasteiger partial charge on any atom is 0.311 e. The minimum atomic E-state index is -0.188. The van der Waals surface area contributed by atoms with Crippen LogP contribution in [0.5, 0.6) is 11.5 Å². The average molecular weight is 389 g/mol. The normalized spacial score (nSPS) is 14.8. The van der Waals surface area contributed by atoms with E-state index >= 15 is 0 Å². The van der Waals surface area contributed by atoms with Gasteiger partial charge in [-0.05, 0) is 65.9 Å². The summed E-state index contributed by atoms with van der Waals surface area (Å²) >= 11 is 0. The predicted octanol–water partition coefficient (Wildman–Crippen LogP) is 6.03. The fraction of sp³-hybridized carbons (Fsp3) is 0.360. The van der Waals surface area contributed by atoms with E-state index in [2.05, 4.69) is 6.07 Å². The molecule has 29 heavy (non-hydrogen) atoms. The van der Waals surface area contributed by atoms with E-state index in [1.54, 1.807) is 25.3 Å². The molecule has 4 heteroatoms. The molecule has 0 bridgehead atoms. The molecule has 1 fully saturated rings. The molecular weight excluding hydrogens is 362 g/mol. The van der Waals surface area contributed by atoms with Gasteiger partial charge in [-0.15, -0.1) is 0 Å². The van der Waals surface area contributed by atoms with Crippen LogP contribution in [0.4, 0.5) is 0 Å². The van der Waals surface area contributed by atoms with Crippen LogP contribution in [0.2, 0.25) is 0 Å². The largest absolute Gasteiger partial charge is 0.497 e. The highest BCUT2D eigenvalue weighted by Gasteiger charge is 2.15. The van der Waals surface area contributed by atoms with Crippen LogP contribution in [0, 0.1) is 17.2 Å². The first-order chi connectivity index (χ1) is 14.2. The highest BCUT2D eigenvalue weighted by atomic mass is 16.5. The Morgan fingerprint density at radius 2 is 1.86 bits per heavy atom. The van der Waals surface area contributed by atoms with Gasteiger partial charge in [0.2, 0.25) is 0 Å². The fourth-order valence-corrected chi connectivity index (χ4v) is 3.77. The molecular formula is C25H27NO3. The molecule has 0 heterocycles. The van der Waals surface area contributed by atoms with E-state index in [1.165, 1.54) is 32.1 Å². The van der Waals surface area contributed by atoms with Crippen molar-refractivity contribution in [3.63, 3.8) is 0 Å². The SMILES string of the molecule is COc1ccc(/C(C#N)=C\c2cccc(OC(=O)CCC3CCCCC3)c2)cc1. The molecule has 3 rings (SSSR count). The molecule has 0 amide bonds. The lowest BCUT2D eigenvalue weighted by molar-refractivity contribution is -0.134. The number of ether oxygens (including phenoxy) is 2. The molecule has 4 nitrogen and oxygen atoms in total. The number of allylic oxidation sites excluding steroid dienone is 1. The van der Waals surface area contributed by atoms with Gasteiger partial charge in [0.25, 0.3) is 0 Å². The van der Waals surface area contributed by atoms with Crippen molar-refractivity contribution >= 4 is 17.6 Å². The van der Waals surface area contributed by atoms with E-state index < -0.39 is 0 Å². The zero-order chi connectivity index (χ0) is 20.5. The van der Waals surface area contributed by atoms with Crippen LogP contribution in [0.15, 0.2) is 48.5 Å². The van der Waals surface area contributed by atoms with E-state index in [0.717, 1.165) is 23.3 Å². The molecule has 0 aliphatic heterocycles. The lowest BCUT2D eigenvalue weighted by atomic mass is 9.86. The number of nitriles is 1. The second-order valence-electron chi connectivity index (χ2n) is 7.49. The van der Waals surface area contributed by atoms with Crippen molar-refractivity contribution in [3.8, 4) is 17.6 Å². The summed E-state index contributed by atoms with van der Waals surface area (Å²) < 4.78 is 10.7. The summed E-state index contributed by atoms with van der Waals surface area (Å²) in [6.07, 6.45) is 9.51. The van der Waals surface area contributed by atoms with Crippen molar-refractivity contribution in [3.05, 3.63) is 59.7 Å². The van der Waals surface area contributed by atoms with Crippen LogP contribution in [-0.4, -0.2) is 13.1 Å². The number of benzene rings is 2. The van der Waals surface area contributed by atoms with Crippen LogP contribution in [0.25, 0.3) is 11.6 Å². The van der Waals surface area contributed by atoms with Gasteiger partial charge in [-0.25, -0.2) is 0 Å². The van der Waals surface area contributed by atoms with Gasteiger partial charge >= 0.3 is 5.97 Å². The lowest BCUT2D eigenvalue weighted by Gasteiger charge is -2.20. The van der Waals surface area contributed by atoms with Crippen molar-refractivity contribution in [2.75, 3.05) is 7.11 Å². The summed E-state index contributed by atoms with van der Waals surface area (Å²) in [7, 11) is 1.61. The number of hydrogen-bond donors (Lipinski definition) is 0. The van der Waals surface area contributed by atoms with Gasteiger partial charge in [0.05, 0.1) is 18.8 Å². The Labute approximate surface area is 172 Å². The Kier molecular flexibility index (Phi) is 7.47. The van der Waals surface area contributed by atoms with Crippen molar-refractivity contribution in [2.45, 2.75) is 44.9 Å². The van der Waals surface area contributed by atoms with E-state index in [9.17, 15) is 10.1 Å². The molecule has 0 spiro atoms. The third kappa shape index (κ3) is 6.22. The monoisotopic (exact) mass is 389 g/mol. The standard InChI is InChI=1S/C25H27NO3/c1-28-23-13-11-21(12-14-23)22(18-26)16-20-8-5-9-24(17-20)29-25(27)15-10-19-6-3-2-4-7-19/h5,8-9,11-14,16-17,19H,2-4,6-7,10,15H2,1H3/b22-16-. The Bertz CT molecular complexity index is 887. The smallest absolute Gasteiger partial charge is 0.311 e. The predicted molar refractivity (Wildman–Crippen MR) is 114 cm³/mol. The highest BCUT2D eigenvalue weighted by Crippen LogP contribution is 2.28. The number of carbonyl (C=O) groups excluding carboxylic acids is 1. The summed E-state index contributed by atoms with van der Waals surface area (Å²) in [5.74, 6) is 1.73. The summed E-state index contributed by atoms with van der Waals surface area (Å²) in [4.78, 5) is 12.2. The maximum absolute atomic E-state index is 12.2. The Morgan fingerprint density at radius 3 is 2.55 bits per heavy atom. The lowest BCUT2D eigenvalue weighted by Crippen LogP contribution is -2.12. The first-order valence-corrected chi connectivity index (χ1v) is 10.2. The van der Waals surface area contributed by atoms with Gasteiger partial charge in [-0.2, -0.15) is 5.26 Å². The molecule has 0 unspecified atom stereocenters. The highest BCUT2D eigenvalue weighted by molar-refractivity contribution is 5.89. The molecule has 1 aliphatic carbocycles. The van der Waals surface area contributed by atoms with E-state index in [0.29, 0.717) is 23.7 Å². The molecule has 150 valence electrons. The molecule has 0 N–H and O–H groups in total. The number of methoxy groups -OCH3 is 1. The third-order valence-corrected chi connectivity index (χ3v) is 5.40. The topological polar surface area (TPSA) is 59.3 Å².